The zero-order valence-electron chi connectivity index (χ0n) is 16.4. The summed E-state index contributed by atoms with van der Waals surface area (Å²) in [6, 6.07) is 1.83. The van der Waals surface area contributed by atoms with Gasteiger partial charge in [-0.2, -0.15) is 0 Å². The van der Waals surface area contributed by atoms with Gasteiger partial charge in [0.2, 0.25) is 5.78 Å². The monoisotopic (exact) mass is 379 g/mol. The van der Waals surface area contributed by atoms with Crippen LogP contribution in [0.5, 0.6) is 0 Å². The van der Waals surface area contributed by atoms with Crippen LogP contribution in [0.1, 0.15) is 47.3 Å². The van der Waals surface area contributed by atoms with E-state index in [0.717, 1.165) is 38.0 Å². The van der Waals surface area contributed by atoms with Gasteiger partial charge >= 0.3 is 0 Å². The van der Waals surface area contributed by atoms with Crippen LogP contribution in [0.2, 0.25) is 0 Å². The number of aromatic amines is 1. The SMILES string of the molecule is CCN1CCc2[nH]cnc2C12CCN(C(=O)c1c(C)nc3ncccn13)CC2. The predicted molar refractivity (Wildman–Crippen MR) is 104 cm³/mol. The number of nitrogens with zero attached hydrogens (tertiary/aromatic N) is 6. The van der Waals surface area contributed by atoms with Crippen LogP contribution < -0.4 is 0 Å². The lowest BCUT2D eigenvalue weighted by Crippen LogP contribution is -2.57. The highest BCUT2D eigenvalue weighted by Gasteiger charge is 2.46. The topological polar surface area (TPSA) is 82.4 Å². The summed E-state index contributed by atoms with van der Waals surface area (Å²) < 4.78 is 1.80. The highest BCUT2D eigenvalue weighted by molar-refractivity contribution is 5.94. The second-order valence-corrected chi connectivity index (χ2v) is 7.72. The molecule has 1 spiro atoms. The highest BCUT2D eigenvalue weighted by Crippen LogP contribution is 2.42. The smallest absolute Gasteiger partial charge is 0.272 e. The van der Waals surface area contributed by atoms with Crippen LogP contribution in [0.15, 0.2) is 24.8 Å². The molecule has 3 aromatic rings. The minimum absolute atomic E-state index is 0.0361. The van der Waals surface area contributed by atoms with E-state index in [1.165, 1.54) is 11.4 Å². The molecule has 1 fully saturated rings. The molecule has 0 unspecified atom stereocenters. The van der Waals surface area contributed by atoms with Gasteiger partial charge in [-0.15, -0.1) is 0 Å². The molecule has 5 rings (SSSR count). The van der Waals surface area contributed by atoms with Gasteiger partial charge in [0.15, 0.2) is 0 Å². The van der Waals surface area contributed by atoms with Crippen molar-refractivity contribution in [2.45, 2.75) is 38.6 Å². The Labute approximate surface area is 163 Å². The van der Waals surface area contributed by atoms with Gasteiger partial charge in [-0.3, -0.25) is 14.1 Å². The maximum absolute atomic E-state index is 13.3. The molecule has 2 aliphatic heterocycles. The van der Waals surface area contributed by atoms with Crippen molar-refractivity contribution < 1.29 is 4.79 Å². The van der Waals surface area contributed by atoms with E-state index < -0.39 is 0 Å². The first-order valence-electron chi connectivity index (χ1n) is 10.0. The molecule has 5 heterocycles. The van der Waals surface area contributed by atoms with E-state index in [-0.39, 0.29) is 11.4 Å². The van der Waals surface area contributed by atoms with Crippen LogP contribution in [-0.4, -0.2) is 66.2 Å². The minimum atomic E-state index is -0.0603. The van der Waals surface area contributed by atoms with E-state index in [4.69, 9.17) is 0 Å². The zero-order valence-corrected chi connectivity index (χ0v) is 16.4. The number of hydrogen-bond donors (Lipinski definition) is 1. The third-order valence-corrected chi connectivity index (χ3v) is 6.44. The van der Waals surface area contributed by atoms with Crippen LogP contribution in [0, 0.1) is 6.92 Å². The number of hydrogen-bond acceptors (Lipinski definition) is 5. The Kier molecular flexibility index (Phi) is 3.97. The number of carbonyl (C=O) groups excluding carboxylic acids is 1. The van der Waals surface area contributed by atoms with Crippen molar-refractivity contribution in [3.63, 3.8) is 0 Å². The summed E-state index contributed by atoms with van der Waals surface area (Å²) in [4.78, 5) is 34.5. The Morgan fingerprint density at radius 1 is 1.25 bits per heavy atom. The minimum Gasteiger partial charge on any atom is -0.348 e. The average Bonchev–Trinajstić information content (AvgIpc) is 3.32. The van der Waals surface area contributed by atoms with E-state index in [1.807, 2.05) is 30.4 Å². The van der Waals surface area contributed by atoms with Gasteiger partial charge < -0.3 is 9.88 Å². The quantitative estimate of drug-likeness (QED) is 0.734. The molecule has 0 bridgehead atoms. The van der Waals surface area contributed by atoms with Crippen LogP contribution in [-0.2, 0) is 12.0 Å². The maximum atomic E-state index is 13.3. The molecular formula is C20H25N7O. The molecule has 8 heteroatoms. The molecule has 0 aromatic carbocycles. The lowest BCUT2D eigenvalue weighted by atomic mass is 9.78. The van der Waals surface area contributed by atoms with Crippen molar-refractivity contribution in [1.82, 2.24) is 34.1 Å². The van der Waals surface area contributed by atoms with Crippen molar-refractivity contribution in [1.29, 1.82) is 0 Å². The molecule has 0 saturated carbocycles. The molecule has 2 aliphatic rings. The highest BCUT2D eigenvalue weighted by atomic mass is 16.2. The maximum Gasteiger partial charge on any atom is 0.272 e. The number of aromatic nitrogens is 5. The normalized spacial score (nSPS) is 19.3. The average molecular weight is 379 g/mol. The molecule has 1 amide bonds. The number of imidazole rings is 2. The zero-order chi connectivity index (χ0) is 19.3. The number of fused-ring (bicyclic) bond motifs is 3. The van der Waals surface area contributed by atoms with E-state index in [0.29, 0.717) is 24.6 Å². The second-order valence-electron chi connectivity index (χ2n) is 7.72. The molecule has 28 heavy (non-hydrogen) atoms. The van der Waals surface area contributed by atoms with Gasteiger partial charge in [0, 0.05) is 44.1 Å². The lowest BCUT2D eigenvalue weighted by molar-refractivity contribution is 0.00999. The van der Waals surface area contributed by atoms with Crippen molar-refractivity contribution in [2.24, 2.45) is 0 Å². The lowest BCUT2D eigenvalue weighted by Gasteiger charge is -2.50. The Hall–Kier alpha value is -2.74. The van der Waals surface area contributed by atoms with E-state index in [2.05, 4.69) is 31.8 Å². The number of carbonyl (C=O) groups is 1. The summed E-state index contributed by atoms with van der Waals surface area (Å²) >= 11 is 0. The van der Waals surface area contributed by atoms with Crippen LogP contribution in [0.25, 0.3) is 5.78 Å². The standard InChI is InChI=1S/C20H25N7O/c1-3-26-10-5-15-17(23-13-22-15)20(26)6-11-25(12-7-20)18(28)16-14(2)24-19-21-8-4-9-27(16)19/h4,8-9,13H,3,5-7,10-12H2,1-2H3,(H,22,23). The fraction of sp³-hybridized carbons (Fsp3) is 0.500. The number of H-pyrrole nitrogens is 1. The van der Waals surface area contributed by atoms with Gasteiger partial charge in [-0.05, 0) is 32.4 Å². The summed E-state index contributed by atoms with van der Waals surface area (Å²) in [7, 11) is 0. The summed E-state index contributed by atoms with van der Waals surface area (Å²) in [6.45, 7) is 7.56. The molecule has 146 valence electrons. The number of likely N-dealkylation sites (tertiary alicyclic amines) is 1. The van der Waals surface area contributed by atoms with Gasteiger partial charge in [-0.25, -0.2) is 15.0 Å². The molecule has 0 aliphatic carbocycles. The molecule has 0 atom stereocenters. The summed E-state index contributed by atoms with van der Waals surface area (Å²) in [5.41, 5.74) is 3.73. The Morgan fingerprint density at radius 2 is 2.07 bits per heavy atom. The first kappa shape index (κ1) is 17.4. The van der Waals surface area contributed by atoms with Crippen molar-refractivity contribution in [2.75, 3.05) is 26.2 Å². The number of nitrogens with one attached hydrogen (secondary N) is 1. The van der Waals surface area contributed by atoms with Crippen LogP contribution >= 0.6 is 0 Å². The first-order valence-corrected chi connectivity index (χ1v) is 10.0. The number of amides is 1. The molecule has 1 N–H and O–H groups in total. The van der Waals surface area contributed by atoms with E-state index in [9.17, 15) is 4.79 Å². The molecule has 3 aromatic heterocycles. The van der Waals surface area contributed by atoms with E-state index in [1.54, 1.807) is 10.6 Å². The van der Waals surface area contributed by atoms with Crippen LogP contribution in [0.3, 0.4) is 0 Å². The van der Waals surface area contributed by atoms with Gasteiger partial charge in [0.05, 0.1) is 23.3 Å². The van der Waals surface area contributed by atoms with E-state index >= 15 is 0 Å². The van der Waals surface area contributed by atoms with Crippen molar-refractivity contribution >= 4 is 11.7 Å². The third-order valence-electron chi connectivity index (χ3n) is 6.44. The predicted octanol–water partition coefficient (Wildman–Crippen LogP) is 1.77. The van der Waals surface area contributed by atoms with Crippen molar-refractivity contribution in [3.05, 3.63) is 47.6 Å². The third kappa shape index (κ3) is 2.40. The summed E-state index contributed by atoms with van der Waals surface area (Å²) in [5, 5.41) is 0. The van der Waals surface area contributed by atoms with Gasteiger partial charge in [0.1, 0.15) is 5.69 Å². The molecule has 1 saturated heterocycles. The molecule has 0 radical (unpaired) electrons. The fourth-order valence-electron chi connectivity index (χ4n) is 5.02. The van der Waals surface area contributed by atoms with Gasteiger partial charge in [0.25, 0.3) is 5.91 Å². The Morgan fingerprint density at radius 3 is 2.86 bits per heavy atom. The summed E-state index contributed by atoms with van der Waals surface area (Å²) in [5.74, 6) is 0.608. The number of likely N-dealkylation sites (N-methyl/N-ethyl adjacent to an activating group) is 1. The Bertz CT molecular complexity index is 1030. The Balaban J connectivity index is 1.43. The van der Waals surface area contributed by atoms with Crippen molar-refractivity contribution in [3.8, 4) is 0 Å². The largest absolute Gasteiger partial charge is 0.348 e. The number of piperidine rings is 1. The first-order chi connectivity index (χ1) is 13.6. The molecule has 8 nitrogen and oxygen atoms in total. The molecular weight excluding hydrogens is 354 g/mol. The van der Waals surface area contributed by atoms with Gasteiger partial charge in [-0.1, -0.05) is 6.92 Å². The van der Waals surface area contributed by atoms with Crippen LogP contribution in [0.4, 0.5) is 0 Å². The second kappa shape index (κ2) is 6.41. The fourth-order valence-corrected chi connectivity index (χ4v) is 5.02. The number of aryl methyl sites for hydroxylation is 1. The summed E-state index contributed by atoms with van der Waals surface area (Å²) in [6.07, 6.45) is 8.19. The number of rotatable bonds is 2.